The van der Waals surface area contributed by atoms with Crippen LogP contribution in [0.1, 0.15) is 39.4 Å². The summed E-state index contributed by atoms with van der Waals surface area (Å²) in [4.78, 5) is 15.2. The first-order valence-corrected chi connectivity index (χ1v) is 9.94. The van der Waals surface area contributed by atoms with Gasteiger partial charge < -0.3 is 10.3 Å². The number of carboxylic acid groups (broad SMARTS) is 1. The van der Waals surface area contributed by atoms with Crippen molar-refractivity contribution in [1.82, 2.24) is 4.98 Å². The van der Waals surface area contributed by atoms with Crippen LogP contribution in [0.3, 0.4) is 0 Å². The molecule has 3 rings (SSSR count). The molecule has 1 atom stereocenters. The summed E-state index contributed by atoms with van der Waals surface area (Å²) in [6.45, 7) is 3.89. The van der Waals surface area contributed by atoms with E-state index in [1.165, 1.54) is 0 Å². The van der Waals surface area contributed by atoms with E-state index in [2.05, 4.69) is 10.1 Å². The minimum atomic E-state index is -0.876. The van der Waals surface area contributed by atoms with Gasteiger partial charge in [-0.05, 0) is 65.9 Å². The fourth-order valence-corrected chi connectivity index (χ4v) is 3.86. The second-order valence-electron chi connectivity index (χ2n) is 7.32. The number of pyridine rings is 1. The SMILES string of the molecule is Cc1cc(CC(=NO)[C@H](c2ccc(CC(=O)O)cc2)c2ccc(Cl)cc2C)ccn1. The highest BCUT2D eigenvalue weighted by atomic mass is 35.5. The molecule has 0 fully saturated rings. The molecule has 154 valence electrons. The number of carbonyl (C=O) groups is 1. The largest absolute Gasteiger partial charge is 0.481 e. The van der Waals surface area contributed by atoms with Crippen LogP contribution in [0.4, 0.5) is 0 Å². The van der Waals surface area contributed by atoms with Crippen LogP contribution in [0.2, 0.25) is 5.02 Å². The van der Waals surface area contributed by atoms with Crippen molar-refractivity contribution in [2.75, 3.05) is 0 Å². The van der Waals surface area contributed by atoms with Crippen molar-refractivity contribution in [2.45, 2.75) is 32.6 Å². The van der Waals surface area contributed by atoms with E-state index in [0.29, 0.717) is 22.7 Å². The zero-order valence-corrected chi connectivity index (χ0v) is 17.6. The Morgan fingerprint density at radius 3 is 2.37 bits per heavy atom. The maximum Gasteiger partial charge on any atom is 0.307 e. The Labute approximate surface area is 180 Å². The van der Waals surface area contributed by atoms with Crippen molar-refractivity contribution in [2.24, 2.45) is 5.16 Å². The molecule has 0 saturated heterocycles. The van der Waals surface area contributed by atoms with Crippen molar-refractivity contribution < 1.29 is 15.1 Å². The number of aromatic nitrogens is 1. The smallest absolute Gasteiger partial charge is 0.307 e. The number of nitrogens with zero attached hydrogens (tertiary/aromatic N) is 2. The van der Waals surface area contributed by atoms with Gasteiger partial charge in [-0.1, -0.05) is 47.1 Å². The second kappa shape index (κ2) is 9.55. The molecule has 0 amide bonds. The summed E-state index contributed by atoms with van der Waals surface area (Å²) >= 11 is 6.16. The van der Waals surface area contributed by atoms with Gasteiger partial charge in [0.1, 0.15) is 0 Å². The van der Waals surface area contributed by atoms with Gasteiger partial charge in [-0.25, -0.2) is 0 Å². The Kier molecular flexibility index (Phi) is 6.85. The molecule has 30 heavy (non-hydrogen) atoms. The molecule has 1 aromatic heterocycles. The first-order chi connectivity index (χ1) is 14.4. The Hall–Kier alpha value is -3.18. The Morgan fingerprint density at radius 1 is 1.03 bits per heavy atom. The Balaban J connectivity index is 2.05. The van der Waals surface area contributed by atoms with E-state index in [0.717, 1.165) is 27.9 Å². The number of halogens is 1. The number of hydrogen-bond acceptors (Lipinski definition) is 4. The molecule has 0 bridgehead atoms. The fourth-order valence-electron chi connectivity index (χ4n) is 3.64. The van der Waals surface area contributed by atoms with Crippen molar-refractivity contribution >= 4 is 23.3 Å². The molecule has 1 heterocycles. The molecule has 0 radical (unpaired) electrons. The molecule has 2 aromatic carbocycles. The number of benzene rings is 2. The van der Waals surface area contributed by atoms with Crippen molar-refractivity contribution in [1.29, 1.82) is 0 Å². The molecule has 2 N–H and O–H groups in total. The zero-order valence-electron chi connectivity index (χ0n) is 16.8. The van der Waals surface area contributed by atoms with E-state index in [4.69, 9.17) is 16.7 Å². The third kappa shape index (κ3) is 5.24. The van der Waals surface area contributed by atoms with Gasteiger partial charge in [0.2, 0.25) is 0 Å². The van der Waals surface area contributed by atoms with E-state index in [-0.39, 0.29) is 12.3 Å². The summed E-state index contributed by atoms with van der Waals surface area (Å²) in [6.07, 6.45) is 2.15. The molecule has 5 nitrogen and oxygen atoms in total. The van der Waals surface area contributed by atoms with Crippen LogP contribution in [0.15, 0.2) is 65.9 Å². The monoisotopic (exact) mass is 422 g/mol. The highest BCUT2D eigenvalue weighted by Crippen LogP contribution is 2.32. The summed E-state index contributed by atoms with van der Waals surface area (Å²) in [7, 11) is 0. The lowest BCUT2D eigenvalue weighted by atomic mass is 9.82. The predicted molar refractivity (Wildman–Crippen MR) is 118 cm³/mol. The zero-order chi connectivity index (χ0) is 21.7. The van der Waals surface area contributed by atoms with Crippen LogP contribution in [0.5, 0.6) is 0 Å². The summed E-state index contributed by atoms with van der Waals surface area (Å²) in [5.41, 5.74) is 6.05. The van der Waals surface area contributed by atoms with Gasteiger partial charge in [-0.2, -0.15) is 0 Å². The normalized spacial score (nSPS) is 12.6. The molecule has 0 unspecified atom stereocenters. The number of rotatable bonds is 7. The number of carboxylic acids is 1. The van der Waals surface area contributed by atoms with E-state index in [1.807, 2.05) is 56.3 Å². The second-order valence-corrected chi connectivity index (χ2v) is 7.76. The van der Waals surface area contributed by atoms with Crippen molar-refractivity contribution in [3.8, 4) is 0 Å². The maximum atomic E-state index is 11.0. The quantitative estimate of drug-likeness (QED) is 0.312. The average Bonchev–Trinajstić information content (AvgIpc) is 2.69. The molecule has 3 aromatic rings. The highest BCUT2D eigenvalue weighted by Gasteiger charge is 2.24. The summed E-state index contributed by atoms with van der Waals surface area (Å²) < 4.78 is 0. The van der Waals surface area contributed by atoms with Gasteiger partial charge in [0.05, 0.1) is 18.1 Å². The number of aryl methyl sites for hydroxylation is 2. The van der Waals surface area contributed by atoms with Crippen molar-refractivity contribution in [3.63, 3.8) is 0 Å². The van der Waals surface area contributed by atoms with Crippen LogP contribution in [0.25, 0.3) is 0 Å². The molecule has 0 aliphatic rings. The summed E-state index contributed by atoms with van der Waals surface area (Å²) in [6, 6.07) is 16.9. The molecule has 6 heteroatoms. The molecule has 0 saturated carbocycles. The molecular formula is C24H23ClN2O3. The molecule has 0 aliphatic heterocycles. The van der Waals surface area contributed by atoms with Gasteiger partial charge in [0, 0.05) is 23.3 Å². The first kappa shape index (κ1) is 21.5. The number of aliphatic carboxylic acids is 1. The lowest BCUT2D eigenvalue weighted by Crippen LogP contribution is -2.18. The van der Waals surface area contributed by atoms with Gasteiger partial charge in [0.25, 0.3) is 0 Å². The average molecular weight is 423 g/mol. The molecule has 0 spiro atoms. The van der Waals surface area contributed by atoms with Crippen LogP contribution >= 0.6 is 11.6 Å². The minimum Gasteiger partial charge on any atom is -0.481 e. The lowest BCUT2D eigenvalue weighted by molar-refractivity contribution is -0.136. The third-order valence-electron chi connectivity index (χ3n) is 5.02. The number of hydrogen-bond donors (Lipinski definition) is 2. The minimum absolute atomic E-state index is 0.0395. The topological polar surface area (TPSA) is 82.8 Å². The number of oxime groups is 1. The molecular weight excluding hydrogens is 400 g/mol. The van der Waals surface area contributed by atoms with E-state index >= 15 is 0 Å². The van der Waals surface area contributed by atoms with E-state index in [9.17, 15) is 10.0 Å². The van der Waals surface area contributed by atoms with Gasteiger partial charge in [-0.15, -0.1) is 0 Å². The predicted octanol–water partition coefficient (Wildman–Crippen LogP) is 5.18. The standard InChI is InChI=1S/C24H23ClN2O3/c1-15-11-20(25)7-8-21(15)24(19-5-3-17(4-6-19)14-23(28)29)22(27-30)13-18-9-10-26-16(2)12-18/h3-12,24,30H,13-14H2,1-2H3,(H,28,29)/t24-/m1/s1. The van der Waals surface area contributed by atoms with Gasteiger partial charge in [0.15, 0.2) is 0 Å². The van der Waals surface area contributed by atoms with E-state index in [1.54, 1.807) is 18.3 Å². The van der Waals surface area contributed by atoms with Crippen LogP contribution < -0.4 is 0 Å². The van der Waals surface area contributed by atoms with Crippen LogP contribution in [0, 0.1) is 13.8 Å². The highest BCUT2D eigenvalue weighted by molar-refractivity contribution is 6.30. The van der Waals surface area contributed by atoms with Crippen molar-refractivity contribution in [3.05, 3.63) is 99.3 Å². The van der Waals surface area contributed by atoms with Crippen LogP contribution in [-0.2, 0) is 17.6 Å². The van der Waals surface area contributed by atoms with Gasteiger partial charge >= 0.3 is 5.97 Å². The fraction of sp³-hybridized carbons (Fsp3) is 0.208. The van der Waals surface area contributed by atoms with E-state index < -0.39 is 5.97 Å². The maximum absolute atomic E-state index is 11.0. The lowest BCUT2D eigenvalue weighted by Gasteiger charge is -2.22. The first-order valence-electron chi connectivity index (χ1n) is 9.56. The summed E-state index contributed by atoms with van der Waals surface area (Å²) in [5, 5.41) is 23.3. The molecule has 0 aliphatic carbocycles. The Bertz CT molecular complexity index is 1080. The van der Waals surface area contributed by atoms with Crippen LogP contribution in [-0.4, -0.2) is 27.0 Å². The Morgan fingerprint density at radius 2 is 1.77 bits per heavy atom. The third-order valence-corrected chi connectivity index (χ3v) is 5.25. The summed E-state index contributed by atoms with van der Waals surface area (Å²) in [5.74, 6) is -1.18. The van der Waals surface area contributed by atoms with Gasteiger partial charge in [-0.3, -0.25) is 9.78 Å².